The van der Waals surface area contributed by atoms with Crippen molar-refractivity contribution in [3.8, 4) is 5.75 Å². The highest BCUT2D eigenvalue weighted by atomic mass is 31.2. The summed E-state index contributed by atoms with van der Waals surface area (Å²) in [5, 5.41) is 35.5. The van der Waals surface area contributed by atoms with Crippen molar-refractivity contribution in [2.75, 3.05) is 6.61 Å². The average molecular weight is 580 g/mol. The second-order valence-corrected chi connectivity index (χ2v) is 9.77. The second kappa shape index (κ2) is 11.2. The maximum atomic E-state index is 13.5. The Hall–Kier alpha value is -3.70. The Labute approximate surface area is 214 Å². The third-order valence-electron chi connectivity index (χ3n) is 5.29. The Balaban J connectivity index is 1.96. The molecule has 2 heterocycles. The number of aromatic amines is 1. The van der Waals surface area contributed by atoms with Crippen LogP contribution in [0.15, 0.2) is 51.2 Å². The minimum absolute atomic E-state index is 0.454. The molecule has 16 nitrogen and oxygen atoms in total. The molecular formula is C19H20F3N6O10P. The highest BCUT2D eigenvalue weighted by Crippen LogP contribution is 2.48. The van der Waals surface area contributed by atoms with Crippen molar-refractivity contribution in [2.45, 2.75) is 43.3 Å². The molecule has 0 bridgehead atoms. The Kier molecular flexibility index (Phi) is 8.56. The highest BCUT2D eigenvalue weighted by Gasteiger charge is 2.56. The maximum Gasteiger partial charge on any atom is 0.459 e. The van der Waals surface area contributed by atoms with Gasteiger partial charge < -0.3 is 24.6 Å². The van der Waals surface area contributed by atoms with Crippen LogP contribution in [0.5, 0.6) is 5.75 Å². The molecule has 1 fully saturated rings. The number of hydrogen-bond donors (Lipinski definition) is 5. The van der Waals surface area contributed by atoms with Crippen LogP contribution in [0.1, 0.15) is 18.7 Å². The number of hydrogen-bond acceptors (Lipinski definition) is 10. The van der Waals surface area contributed by atoms with E-state index in [1.165, 1.54) is 0 Å². The molecule has 0 amide bonds. The normalized spacial score (nSPS) is 25.3. The fraction of sp³-hybridized carbons (Fsp3) is 0.421. The van der Waals surface area contributed by atoms with Gasteiger partial charge in [0.15, 0.2) is 6.23 Å². The topological polar surface area (TPSA) is 238 Å². The van der Waals surface area contributed by atoms with Crippen LogP contribution in [0.4, 0.5) is 13.2 Å². The molecule has 2 aromatic rings. The number of carboxylic acid groups (broad SMARTS) is 1. The average Bonchev–Trinajstić information content (AvgIpc) is 3.08. The summed E-state index contributed by atoms with van der Waals surface area (Å²) in [5.74, 6) is -2.23. The minimum atomic E-state index is -4.97. The van der Waals surface area contributed by atoms with Gasteiger partial charge in [0, 0.05) is 17.2 Å². The zero-order valence-corrected chi connectivity index (χ0v) is 20.4. The number of halogens is 3. The molecule has 0 spiro atoms. The lowest BCUT2D eigenvalue weighted by molar-refractivity contribution is -0.139. The third-order valence-corrected chi connectivity index (χ3v) is 6.92. The van der Waals surface area contributed by atoms with E-state index in [4.69, 9.17) is 19.3 Å². The first-order valence-corrected chi connectivity index (χ1v) is 12.2. The van der Waals surface area contributed by atoms with Crippen molar-refractivity contribution < 1.29 is 51.6 Å². The quantitative estimate of drug-likeness (QED) is 0.115. The Morgan fingerprint density at radius 3 is 2.67 bits per heavy atom. The summed E-state index contributed by atoms with van der Waals surface area (Å²) in [7, 11) is -4.97. The molecule has 1 aliphatic rings. The SMILES string of the molecule is C[C@H](NP(=O)(OC[C@@]1(N=[N+]=[N-])O[C@@H](n2ccc(=O)[nH]c2=O)[C@H](O)[C@@H]1O)Oc1cccc(C(F)(F)F)c1)C(=O)O. The highest BCUT2D eigenvalue weighted by molar-refractivity contribution is 7.52. The molecule has 1 aromatic heterocycles. The third kappa shape index (κ3) is 6.66. The van der Waals surface area contributed by atoms with E-state index in [0.29, 0.717) is 16.7 Å². The van der Waals surface area contributed by atoms with Crippen molar-refractivity contribution in [3.63, 3.8) is 0 Å². The number of carbonyl (C=O) groups is 1. The largest absolute Gasteiger partial charge is 0.480 e. The number of azide groups is 1. The molecule has 5 N–H and O–H groups in total. The number of aliphatic carboxylic acids is 1. The van der Waals surface area contributed by atoms with E-state index in [9.17, 15) is 47.4 Å². The van der Waals surface area contributed by atoms with Gasteiger partial charge in [-0.05, 0) is 30.7 Å². The predicted octanol–water partition coefficient (Wildman–Crippen LogP) is 1.08. The number of nitrogens with one attached hydrogen (secondary N) is 2. The van der Waals surface area contributed by atoms with Crippen LogP contribution in [0.2, 0.25) is 0 Å². The molecular weight excluding hydrogens is 560 g/mol. The summed E-state index contributed by atoms with van der Waals surface area (Å²) >= 11 is 0. The summed E-state index contributed by atoms with van der Waals surface area (Å²) in [6.07, 6.45) is -9.88. The van der Waals surface area contributed by atoms with Gasteiger partial charge in [0.2, 0.25) is 5.72 Å². The molecule has 1 aromatic carbocycles. The van der Waals surface area contributed by atoms with Crippen molar-refractivity contribution in [3.05, 3.63) is 73.4 Å². The monoisotopic (exact) mass is 580 g/mol. The van der Waals surface area contributed by atoms with Crippen molar-refractivity contribution in [1.29, 1.82) is 0 Å². The summed E-state index contributed by atoms with van der Waals surface area (Å²) in [6, 6.07) is 2.23. The van der Waals surface area contributed by atoms with E-state index >= 15 is 0 Å². The van der Waals surface area contributed by atoms with Gasteiger partial charge in [0.1, 0.15) is 24.0 Å². The number of nitrogens with zero attached hydrogens (tertiary/aromatic N) is 4. The molecule has 39 heavy (non-hydrogen) atoms. The predicted molar refractivity (Wildman–Crippen MR) is 121 cm³/mol. The Morgan fingerprint density at radius 2 is 2.08 bits per heavy atom. The van der Waals surface area contributed by atoms with Crippen LogP contribution in [0, 0.1) is 0 Å². The van der Waals surface area contributed by atoms with Gasteiger partial charge in [-0.1, -0.05) is 11.2 Å². The minimum Gasteiger partial charge on any atom is -0.480 e. The fourth-order valence-corrected chi connectivity index (χ4v) is 4.87. The second-order valence-electron chi connectivity index (χ2n) is 8.07. The van der Waals surface area contributed by atoms with Crippen LogP contribution in [-0.4, -0.2) is 61.4 Å². The standard InChI is InChI=1S/C19H20F3N6O10P/c1-9(16(32)33)25-39(35,38-11-4-2-3-10(7-11)19(20,21)22)36-8-18(26-27-23)14(31)13(30)15(37-18)28-6-5-12(29)24-17(28)34/h2-7,9,13-15,30-31H,8H2,1H3,(H,25,35)(H,32,33)(H,24,29,34)/t9-,13+,14-,15+,18+,39?/m0/s1. The van der Waals surface area contributed by atoms with Crippen molar-refractivity contribution in [2.24, 2.45) is 5.11 Å². The smallest absolute Gasteiger partial charge is 0.459 e. The lowest BCUT2D eigenvalue weighted by atomic mass is 10.1. The fourth-order valence-electron chi connectivity index (χ4n) is 3.35. The zero-order chi connectivity index (χ0) is 29.2. The number of aliphatic hydroxyl groups excluding tert-OH is 2. The van der Waals surface area contributed by atoms with E-state index in [0.717, 1.165) is 31.3 Å². The lowest BCUT2D eigenvalue weighted by Crippen LogP contribution is -2.45. The molecule has 3 rings (SSSR count). The molecule has 0 saturated carbocycles. The molecule has 1 saturated heterocycles. The number of benzene rings is 1. The number of aliphatic hydroxyl groups is 2. The van der Waals surface area contributed by atoms with Gasteiger partial charge in [-0.25, -0.2) is 9.36 Å². The van der Waals surface area contributed by atoms with Gasteiger partial charge in [0.25, 0.3) is 5.56 Å². The summed E-state index contributed by atoms with van der Waals surface area (Å²) in [5.41, 5.74) is 3.32. The van der Waals surface area contributed by atoms with Gasteiger partial charge in [-0.15, -0.1) is 0 Å². The van der Waals surface area contributed by atoms with E-state index in [-0.39, 0.29) is 0 Å². The maximum absolute atomic E-state index is 13.5. The number of rotatable bonds is 10. The van der Waals surface area contributed by atoms with Crippen molar-refractivity contribution in [1.82, 2.24) is 14.6 Å². The van der Waals surface area contributed by atoms with E-state index < -0.39 is 79.3 Å². The molecule has 20 heteroatoms. The summed E-state index contributed by atoms with van der Waals surface area (Å²) in [6.45, 7) is -0.236. The van der Waals surface area contributed by atoms with Crippen molar-refractivity contribution >= 4 is 13.7 Å². The van der Waals surface area contributed by atoms with Crippen LogP contribution in [0.3, 0.4) is 0 Å². The van der Waals surface area contributed by atoms with E-state index in [1.807, 2.05) is 10.1 Å². The molecule has 0 aliphatic carbocycles. The number of ether oxygens (including phenoxy) is 1. The van der Waals surface area contributed by atoms with E-state index in [2.05, 4.69) is 10.0 Å². The summed E-state index contributed by atoms with van der Waals surface area (Å²) in [4.78, 5) is 39.2. The van der Waals surface area contributed by atoms with Gasteiger partial charge in [-0.2, -0.15) is 18.3 Å². The zero-order valence-electron chi connectivity index (χ0n) is 19.5. The first-order chi connectivity index (χ1) is 18.1. The van der Waals surface area contributed by atoms with Gasteiger partial charge in [-0.3, -0.25) is 23.7 Å². The first kappa shape index (κ1) is 29.9. The number of alkyl halides is 3. The Morgan fingerprint density at radius 1 is 1.38 bits per heavy atom. The molecule has 0 radical (unpaired) electrons. The summed E-state index contributed by atoms with van der Waals surface area (Å²) < 4.78 is 69.0. The first-order valence-electron chi connectivity index (χ1n) is 10.6. The van der Waals surface area contributed by atoms with E-state index in [1.54, 1.807) is 0 Å². The van der Waals surface area contributed by atoms with Crippen LogP contribution in [-0.2, 0) is 24.8 Å². The van der Waals surface area contributed by atoms with Gasteiger partial charge in [0.05, 0.1) is 12.2 Å². The lowest BCUT2D eigenvalue weighted by Gasteiger charge is -2.29. The molecule has 6 atom stereocenters. The van der Waals surface area contributed by atoms with Crippen LogP contribution < -0.4 is 20.9 Å². The van der Waals surface area contributed by atoms with Gasteiger partial charge >= 0.3 is 25.6 Å². The van der Waals surface area contributed by atoms with Crippen LogP contribution >= 0.6 is 7.75 Å². The van der Waals surface area contributed by atoms with Crippen LogP contribution in [0.25, 0.3) is 10.4 Å². The molecule has 1 aliphatic heterocycles. The number of H-pyrrole nitrogens is 1. The Bertz CT molecular complexity index is 1440. The number of aromatic nitrogens is 2. The molecule has 1 unspecified atom stereocenters. The molecule has 212 valence electrons. The number of carboxylic acids is 1.